The second kappa shape index (κ2) is 6.43. The van der Waals surface area contributed by atoms with Gasteiger partial charge in [0.1, 0.15) is 5.82 Å². The lowest BCUT2D eigenvalue weighted by Crippen LogP contribution is -2.47. The number of rotatable bonds is 3. The molecule has 2 saturated heterocycles. The predicted octanol–water partition coefficient (Wildman–Crippen LogP) is 0.338. The van der Waals surface area contributed by atoms with Crippen molar-refractivity contribution in [1.29, 1.82) is 0 Å². The topological polar surface area (TPSA) is 83.5 Å². The number of anilines is 1. The van der Waals surface area contributed by atoms with E-state index in [1.165, 1.54) is 0 Å². The zero-order chi connectivity index (χ0) is 16.4. The van der Waals surface area contributed by atoms with Crippen LogP contribution in [0.1, 0.15) is 19.3 Å². The van der Waals surface area contributed by atoms with Crippen molar-refractivity contribution in [2.45, 2.75) is 25.3 Å². The molecule has 0 unspecified atom stereocenters. The van der Waals surface area contributed by atoms with Crippen LogP contribution in [0.5, 0.6) is 0 Å². The predicted molar refractivity (Wildman–Crippen MR) is 86.8 cm³/mol. The Morgan fingerprint density at radius 1 is 1.35 bits per heavy atom. The number of hydrogen-bond acceptors (Lipinski definition) is 6. The maximum absolute atomic E-state index is 12.7. The molecule has 3 rings (SSSR count). The number of carbonyl (C=O) groups is 1. The highest BCUT2D eigenvalue weighted by molar-refractivity contribution is 7.91. The Morgan fingerprint density at radius 2 is 2.17 bits per heavy atom. The monoisotopic (exact) mass is 338 g/mol. The minimum Gasteiger partial charge on any atom is -0.355 e. The summed E-state index contributed by atoms with van der Waals surface area (Å²) in [5, 5.41) is 0. The molecule has 2 aliphatic heterocycles. The first-order valence-corrected chi connectivity index (χ1v) is 9.76. The number of carbonyl (C=O) groups excluding carboxylic acids is 1. The molecular formula is C15H22N4O3S. The van der Waals surface area contributed by atoms with Gasteiger partial charge in [-0.15, -0.1) is 0 Å². The lowest BCUT2D eigenvalue weighted by molar-refractivity contribution is -0.136. The van der Waals surface area contributed by atoms with Crippen molar-refractivity contribution in [3.8, 4) is 0 Å². The van der Waals surface area contributed by atoms with Gasteiger partial charge in [-0.1, -0.05) is 0 Å². The first-order valence-electron chi connectivity index (χ1n) is 7.94. The van der Waals surface area contributed by atoms with Crippen LogP contribution >= 0.6 is 0 Å². The summed E-state index contributed by atoms with van der Waals surface area (Å²) in [5.41, 5.74) is 0. The smallest absolute Gasteiger partial charge is 0.227 e. The Labute approximate surface area is 136 Å². The first-order chi connectivity index (χ1) is 11.0. The quantitative estimate of drug-likeness (QED) is 0.790. The molecule has 1 aromatic heterocycles. The van der Waals surface area contributed by atoms with E-state index in [4.69, 9.17) is 0 Å². The standard InChI is InChI=1S/C15H22N4O3S/c1-18(13-4-8-23(21,22)11-13)15(20)12-3-2-7-19(10-12)14-9-16-5-6-17-14/h5-6,9,12-13H,2-4,7-8,10-11H2,1H3/t12-,13-/m1/s1. The van der Waals surface area contributed by atoms with Gasteiger partial charge in [-0.25, -0.2) is 13.4 Å². The summed E-state index contributed by atoms with van der Waals surface area (Å²) in [6, 6.07) is -0.181. The third-order valence-corrected chi connectivity index (χ3v) is 6.50. The molecule has 8 heteroatoms. The van der Waals surface area contributed by atoms with E-state index < -0.39 is 9.84 Å². The summed E-state index contributed by atoms with van der Waals surface area (Å²) < 4.78 is 23.2. The Morgan fingerprint density at radius 3 is 2.83 bits per heavy atom. The normalized spacial score (nSPS) is 26.9. The van der Waals surface area contributed by atoms with Crippen molar-refractivity contribution < 1.29 is 13.2 Å². The highest BCUT2D eigenvalue weighted by atomic mass is 32.2. The van der Waals surface area contributed by atoms with Gasteiger partial charge in [0, 0.05) is 38.6 Å². The van der Waals surface area contributed by atoms with Crippen LogP contribution < -0.4 is 4.90 Å². The highest BCUT2D eigenvalue weighted by Crippen LogP contribution is 2.25. The van der Waals surface area contributed by atoms with Crippen LogP contribution in [0.3, 0.4) is 0 Å². The van der Waals surface area contributed by atoms with Crippen LogP contribution in [0.2, 0.25) is 0 Å². The molecule has 23 heavy (non-hydrogen) atoms. The van der Waals surface area contributed by atoms with Crippen LogP contribution in [-0.2, 0) is 14.6 Å². The summed E-state index contributed by atoms with van der Waals surface area (Å²) in [6.45, 7) is 1.48. The lowest BCUT2D eigenvalue weighted by Gasteiger charge is -2.35. The fourth-order valence-corrected chi connectivity index (χ4v) is 5.16. The average Bonchev–Trinajstić information content (AvgIpc) is 2.94. The third kappa shape index (κ3) is 3.63. The average molecular weight is 338 g/mol. The summed E-state index contributed by atoms with van der Waals surface area (Å²) >= 11 is 0. The van der Waals surface area contributed by atoms with Crippen molar-refractivity contribution in [2.24, 2.45) is 5.92 Å². The number of nitrogens with zero attached hydrogens (tertiary/aromatic N) is 4. The van der Waals surface area contributed by atoms with Gasteiger partial charge in [-0.3, -0.25) is 9.78 Å². The first kappa shape index (κ1) is 16.2. The zero-order valence-corrected chi connectivity index (χ0v) is 14.1. The molecule has 0 saturated carbocycles. The van der Waals surface area contributed by atoms with Crippen molar-refractivity contribution in [3.63, 3.8) is 0 Å². The van der Waals surface area contributed by atoms with Gasteiger partial charge >= 0.3 is 0 Å². The van der Waals surface area contributed by atoms with E-state index in [2.05, 4.69) is 14.9 Å². The molecule has 3 heterocycles. The molecule has 0 spiro atoms. The van der Waals surface area contributed by atoms with Crippen molar-refractivity contribution >= 4 is 21.6 Å². The summed E-state index contributed by atoms with van der Waals surface area (Å²) in [5.74, 6) is 0.998. The molecule has 1 amide bonds. The second-order valence-electron chi connectivity index (χ2n) is 6.35. The molecular weight excluding hydrogens is 316 g/mol. The lowest BCUT2D eigenvalue weighted by atomic mass is 9.96. The molecule has 126 valence electrons. The molecule has 7 nitrogen and oxygen atoms in total. The SMILES string of the molecule is CN(C(=O)[C@@H]1CCCN(c2cnccn2)C1)[C@@H]1CCS(=O)(=O)C1. The minimum atomic E-state index is -2.98. The fraction of sp³-hybridized carbons (Fsp3) is 0.667. The zero-order valence-electron chi connectivity index (χ0n) is 13.3. The Bertz CT molecular complexity index is 665. The minimum absolute atomic E-state index is 0.0423. The summed E-state index contributed by atoms with van der Waals surface area (Å²) in [7, 11) is -1.25. The van der Waals surface area contributed by atoms with E-state index >= 15 is 0 Å². The molecule has 0 radical (unpaired) electrons. The molecule has 2 aliphatic rings. The van der Waals surface area contributed by atoms with E-state index in [0.29, 0.717) is 13.0 Å². The highest BCUT2D eigenvalue weighted by Gasteiger charge is 2.36. The summed E-state index contributed by atoms with van der Waals surface area (Å²) in [4.78, 5) is 24.8. The Balaban J connectivity index is 1.65. The number of piperidine rings is 1. The molecule has 2 atom stereocenters. The number of sulfone groups is 1. The fourth-order valence-electron chi connectivity index (χ4n) is 3.39. The van der Waals surface area contributed by atoms with E-state index in [1.807, 2.05) is 0 Å². The number of aromatic nitrogens is 2. The van der Waals surface area contributed by atoms with Crippen LogP contribution in [0.15, 0.2) is 18.6 Å². The Kier molecular flexibility index (Phi) is 4.52. The third-order valence-electron chi connectivity index (χ3n) is 4.75. The van der Waals surface area contributed by atoms with Gasteiger partial charge in [0.2, 0.25) is 5.91 Å². The van der Waals surface area contributed by atoms with E-state index in [9.17, 15) is 13.2 Å². The number of amides is 1. The molecule has 1 aromatic rings. The van der Waals surface area contributed by atoms with Gasteiger partial charge in [0.05, 0.1) is 23.6 Å². The second-order valence-corrected chi connectivity index (χ2v) is 8.58. The summed E-state index contributed by atoms with van der Waals surface area (Å²) in [6.07, 6.45) is 7.29. The van der Waals surface area contributed by atoms with E-state index in [1.54, 1.807) is 30.5 Å². The molecule has 0 bridgehead atoms. The van der Waals surface area contributed by atoms with Gasteiger partial charge in [0.15, 0.2) is 9.84 Å². The molecule has 2 fully saturated rings. The largest absolute Gasteiger partial charge is 0.355 e. The van der Waals surface area contributed by atoms with Crippen molar-refractivity contribution in [3.05, 3.63) is 18.6 Å². The molecule has 0 aliphatic carbocycles. The van der Waals surface area contributed by atoms with Crippen LogP contribution in [0, 0.1) is 5.92 Å². The van der Waals surface area contributed by atoms with E-state index in [-0.39, 0.29) is 29.4 Å². The van der Waals surface area contributed by atoms with Crippen LogP contribution in [0.4, 0.5) is 5.82 Å². The molecule has 0 N–H and O–H groups in total. The van der Waals surface area contributed by atoms with Crippen LogP contribution in [0.25, 0.3) is 0 Å². The van der Waals surface area contributed by atoms with Crippen molar-refractivity contribution in [2.75, 3.05) is 36.5 Å². The van der Waals surface area contributed by atoms with Gasteiger partial charge < -0.3 is 9.80 Å². The van der Waals surface area contributed by atoms with Crippen LogP contribution in [-0.4, -0.2) is 66.9 Å². The maximum atomic E-state index is 12.7. The van der Waals surface area contributed by atoms with Gasteiger partial charge in [-0.05, 0) is 19.3 Å². The molecule has 0 aromatic carbocycles. The maximum Gasteiger partial charge on any atom is 0.227 e. The van der Waals surface area contributed by atoms with E-state index in [0.717, 1.165) is 25.2 Å². The van der Waals surface area contributed by atoms with Gasteiger partial charge in [0.25, 0.3) is 0 Å². The van der Waals surface area contributed by atoms with Gasteiger partial charge in [-0.2, -0.15) is 0 Å². The Hall–Kier alpha value is -1.70. The number of hydrogen-bond donors (Lipinski definition) is 0. The van der Waals surface area contributed by atoms with Crippen molar-refractivity contribution in [1.82, 2.24) is 14.9 Å².